The Kier molecular flexibility index (Phi) is 7.44. The predicted octanol–water partition coefficient (Wildman–Crippen LogP) is 5.53. The Morgan fingerprint density at radius 3 is 2.28 bits per heavy atom. The monoisotopic (exact) mass is 431 g/mol. The number of anilines is 1. The zero-order valence-electron chi connectivity index (χ0n) is 18.0. The van der Waals surface area contributed by atoms with E-state index in [0.717, 1.165) is 21.9 Å². The molecule has 0 aliphatic carbocycles. The van der Waals surface area contributed by atoms with E-state index >= 15 is 0 Å². The molecule has 1 heterocycles. The van der Waals surface area contributed by atoms with Gasteiger partial charge in [-0.1, -0.05) is 50.3 Å². The molecule has 2 aromatic carbocycles. The predicted molar refractivity (Wildman–Crippen MR) is 127 cm³/mol. The summed E-state index contributed by atoms with van der Waals surface area (Å²) in [4.78, 5) is 22.0. The van der Waals surface area contributed by atoms with Crippen molar-refractivity contribution in [2.24, 2.45) is 0 Å². The Balaban J connectivity index is 0.00000300. The van der Waals surface area contributed by atoms with E-state index in [2.05, 4.69) is 56.9 Å². The number of carbonyl (C=O) groups is 1. The Labute approximate surface area is 184 Å². The van der Waals surface area contributed by atoms with Gasteiger partial charge in [-0.3, -0.25) is 9.69 Å². The summed E-state index contributed by atoms with van der Waals surface area (Å²) in [6, 6.07) is 14.2. The van der Waals surface area contributed by atoms with Crippen molar-refractivity contribution in [2.75, 3.05) is 32.1 Å². The first-order chi connectivity index (χ1) is 13.1. The minimum atomic E-state index is -0.00177. The molecule has 0 saturated heterocycles. The van der Waals surface area contributed by atoms with Crippen LogP contribution in [0.3, 0.4) is 0 Å². The molecule has 0 N–H and O–H groups in total. The minimum absolute atomic E-state index is 0. The molecule has 0 atom stereocenters. The standard InChI is InChI=1S/C23H29N3OS.ClH/c1-16-7-12-19-20(15-16)28-22(24-19)26(14-13-25(5)6)21(27)17-8-10-18(11-9-17)23(2,3)4;/h7-12,15H,13-14H2,1-6H3;1H. The van der Waals surface area contributed by atoms with E-state index in [1.807, 2.05) is 37.2 Å². The molecule has 0 aliphatic rings. The average Bonchev–Trinajstić information content (AvgIpc) is 3.03. The van der Waals surface area contributed by atoms with Gasteiger partial charge >= 0.3 is 0 Å². The van der Waals surface area contributed by atoms with Gasteiger partial charge in [0.2, 0.25) is 0 Å². The highest BCUT2D eigenvalue weighted by Crippen LogP contribution is 2.31. The minimum Gasteiger partial charge on any atom is -0.308 e. The van der Waals surface area contributed by atoms with Crippen LogP contribution in [0.25, 0.3) is 10.2 Å². The molecule has 0 unspecified atom stereocenters. The van der Waals surface area contributed by atoms with Crippen LogP contribution in [0.4, 0.5) is 5.13 Å². The van der Waals surface area contributed by atoms with E-state index in [4.69, 9.17) is 4.98 Å². The lowest BCUT2D eigenvalue weighted by Crippen LogP contribution is -2.36. The summed E-state index contributed by atoms with van der Waals surface area (Å²) in [6.07, 6.45) is 0. The zero-order valence-corrected chi connectivity index (χ0v) is 19.7. The third-order valence-electron chi connectivity index (χ3n) is 4.78. The van der Waals surface area contributed by atoms with E-state index in [1.165, 1.54) is 11.1 Å². The molecule has 0 radical (unpaired) electrons. The SMILES string of the molecule is Cc1ccc2nc(N(CCN(C)C)C(=O)c3ccc(C(C)(C)C)cc3)sc2c1.Cl. The number of halogens is 1. The van der Waals surface area contributed by atoms with Gasteiger partial charge in [0.05, 0.1) is 10.2 Å². The number of likely N-dealkylation sites (N-methyl/N-ethyl adjacent to an activating group) is 1. The van der Waals surface area contributed by atoms with Crippen molar-refractivity contribution < 1.29 is 4.79 Å². The van der Waals surface area contributed by atoms with Crippen LogP contribution in [-0.2, 0) is 5.41 Å². The molecule has 29 heavy (non-hydrogen) atoms. The second-order valence-corrected chi connectivity index (χ2v) is 9.56. The first-order valence-corrected chi connectivity index (χ1v) is 10.4. The number of aromatic nitrogens is 1. The van der Waals surface area contributed by atoms with Gasteiger partial charge in [-0.15, -0.1) is 12.4 Å². The van der Waals surface area contributed by atoms with Crippen LogP contribution in [0.2, 0.25) is 0 Å². The maximum absolute atomic E-state index is 13.3. The topological polar surface area (TPSA) is 36.4 Å². The number of aryl methyl sites for hydroxylation is 1. The summed E-state index contributed by atoms with van der Waals surface area (Å²) in [6.45, 7) is 9.99. The van der Waals surface area contributed by atoms with Crippen molar-refractivity contribution in [1.29, 1.82) is 0 Å². The lowest BCUT2D eigenvalue weighted by Gasteiger charge is -2.23. The molecule has 4 nitrogen and oxygen atoms in total. The third kappa shape index (κ3) is 5.56. The van der Waals surface area contributed by atoms with E-state index < -0.39 is 0 Å². The van der Waals surface area contributed by atoms with Gasteiger partial charge < -0.3 is 4.90 Å². The van der Waals surface area contributed by atoms with Crippen molar-refractivity contribution in [2.45, 2.75) is 33.1 Å². The van der Waals surface area contributed by atoms with Crippen LogP contribution in [0.15, 0.2) is 42.5 Å². The fourth-order valence-corrected chi connectivity index (χ4v) is 4.08. The van der Waals surface area contributed by atoms with Crippen LogP contribution in [0.5, 0.6) is 0 Å². The molecule has 0 aliphatic heterocycles. The molecule has 3 rings (SSSR count). The maximum Gasteiger partial charge on any atom is 0.260 e. The Hall–Kier alpha value is -1.95. The number of hydrogen-bond acceptors (Lipinski definition) is 4. The Bertz CT molecular complexity index is 974. The number of amides is 1. The van der Waals surface area contributed by atoms with Crippen molar-refractivity contribution in [3.63, 3.8) is 0 Å². The average molecular weight is 432 g/mol. The summed E-state index contributed by atoms with van der Waals surface area (Å²) >= 11 is 1.58. The number of rotatable bonds is 5. The summed E-state index contributed by atoms with van der Waals surface area (Å²) in [5, 5.41) is 0.757. The lowest BCUT2D eigenvalue weighted by atomic mass is 9.86. The normalized spacial score (nSPS) is 11.6. The first kappa shape index (κ1) is 23.3. The number of nitrogens with zero attached hydrogens (tertiary/aromatic N) is 3. The smallest absolute Gasteiger partial charge is 0.260 e. The lowest BCUT2D eigenvalue weighted by molar-refractivity contribution is 0.0985. The van der Waals surface area contributed by atoms with Crippen LogP contribution in [0, 0.1) is 6.92 Å². The molecule has 6 heteroatoms. The second kappa shape index (κ2) is 9.24. The molecule has 1 aromatic heterocycles. The number of carbonyl (C=O) groups excluding carboxylic acids is 1. The van der Waals surface area contributed by atoms with Gasteiger partial charge in [-0.2, -0.15) is 0 Å². The Morgan fingerprint density at radius 1 is 1.03 bits per heavy atom. The number of fused-ring (bicyclic) bond motifs is 1. The highest BCUT2D eigenvalue weighted by atomic mass is 35.5. The molecule has 156 valence electrons. The van der Waals surface area contributed by atoms with Gasteiger partial charge in [0.1, 0.15) is 0 Å². The highest BCUT2D eigenvalue weighted by molar-refractivity contribution is 7.22. The van der Waals surface area contributed by atoms with Gasteiger partial charge in [-0.05, 0) is 61.8 Å². The van der Waals surface area contributed by atoms with Crippen molar-refractivity contribution in [3.8, 4) is 0 Å². The van der Waals surface area contributed by atoms with E-state index in [9.17, 15) is 4.79 Å². The third-order valence-corrected chi connectivity index (χ3v) is 5.82. The van der Waals surface area contributed by atoms with Gasteiger partial charge in [-0.25, -0.2) is 4.98 Å². The fourth-order valence-electron chi connectivity index (χ4n) is 2.99. The quantitative estimate of drug-likeness (QED) is 0.532. The molecule has 3 aromatic rings. The highest BCUT2D eigenvalue weighted by Gasteiger charge is 2.22. The van der Waals surface area contributed by atoms with Crippen LogP contribution in [-0.4, -0.2) is 43.0 Å². The maximum atomic E-state index is 13.3. The Morgan fingerprint density at radius 2 is 1.69 bits per heavy atom. The summed E-state index contributed by atoms with van der Waals surface area (Å²) < 4.78 is 1.11. The number of benzene rings is 2. The first-order valence-electron chi connectivity index (χ1n) is 9.59. The van der Waals surface area contributed by atoms with Crippen LogP contribution in [0.1, 0.15) is 42.3 Å². The largest absolute Gasteiger partial charge is 0.308 e. The molecule has 0 fully saturated rings. The van der Waals surface area contributed by atoms with E-state index in [1.54, 1.807) is 11.3 Å². The van der Waals surface area contributed by atoms with Gasteiger partial charge in [0.15, 0.2) is 5.13 Å². The molecular formula is C23H30ClN3OS. The fraction of sp³-hybridized carbons (Fsp3) is 0.391. The second-order valence-electron chi connectivity index (χ2n) is 8.56. The molecule has 1 amide bonds. The van der Waals surface area contributed by atoms with E-state index in [-0.39, 0.29) is 23.7 Å². The van der Waals surface area contributed by atoms with Gasteiger partial charge in [0, 0.05) is 18.7 Å². The summed E-state index contributed by atoms with van der Waals surface area (Å²) in [5.41, 5.74) is 4.13. The molecule has 0 bridgehead atoms. The number of hydrogen-bond donors (Lipinski definition) is 0. The summed E-state index contributed by atoms with van der Waals surface area (Å²) in [7, 11) is 4.03. The zero-order chi connectivity index (χ0) is 20.5. The van der Waals surface area contributed by atoms with E-state index in [0.29, 0.717) is 12.1 Å². The molecule has 0 saturated carbocycles. The summed E-state index contributed by atoms with van der Waals surface area (Å²) in [5.74, 6) is -0.00177. The van der Waals surface area contributed by atoms with Crippen molar-refractivity contribution >= 4 is 45.0 Å². The number of thiazole rings is 1. The van der Waals surface area contributed by atoms with Gasteiger partial charge in [0.25, 0.3) is 5.91 Å². The van der Waals surface area contributed by atoms with Crippen LogP contribution >= 0.6 is 23.7 Å². The van der Waals surface area contributed by atoms with Crippen LogP contribution < -0.4 is 4.90 Å². The van der Waals surface area contributed by atoms with Crippen molar-refractivity contribution in [3.05, 3.63) is 59.2 Å². The van der Waals surface area contributed by atoms with Crippen molar-refractivity contribution in [1.82, 2.24) is 9.88 Å². The molecule has 0 spiro atoms. The molecular weight excluding hydrogens is 402 g/mol.